The van der Waals surface area contributed by atoms with Crippen LogP contribution < -0.4 is 5.32 Å². The highest BCUT2D eigenvalue weighted by molar-refractivity contribution is 7.99. The lowest BCUT2D eigenvalue weighted by molar-refractivity contribution is -0.192. The van der Waals surface area contributed by atoms with Crippen LogP contribution >= 0.6 is 11.8 Å². The molecule has 1 aromatic carbocycles. The molecule has 9 heteroatoms. The summed E-state index contributed by atoms with van der Waals surface area (Å²) in [5, 5.41) is 19.4. The minimum Gasteiger partial charge on any atom is -0.478 e. The van der Waals surface area contributed by atoms with Gasteiger partial charge in [-0.3, -0.25) is 4.79 Å². The quantitative estimate of drug-likeness (QED) is 0.864. The number of aromatic carboxylic acids is 1. The van der Waals surface area contributed by atoms with Gasteiger partial charge in [0.05, 0.1) is 28.8 Å². The zero-order valence-electron chi connectivity index (χ0n) is 12.2. The summed E-state index contributed by atoms with van der Waals surface area (Å²) in [6.07, 6.45) is -5.38. The SMILES string of the molecule is N#CC1C(SCc2cccc(C(=O)O)c2)NC(=O)CC1C(F)(F)F. The molecule has 2 rings (SSSR count). The van der Waals surface area contributed by atoms with Gasteiger partial charge in [0, 0.05) is 12.2 Å². The molecule has 0 radical (unpaired) electrons. The Morgan fingerprint density at radius 2 is 2.17 bits per heavy atom. The zero-order valence-corrected chi connectivity index (χ0v) is 13.0. The molecule has 1 saturated heterocycles. The van der Waals surface area contributed by atoms with E-state index in [1.807, 2.05) is 0 Å². The number of thioether (sulfide) groups is 1. The summed E-state index contributed by atoms with van der Waals surface area (Å²) in [5.41, 5.74) is 0.644. The number of hydrogen-bond donors (Lipinski definition) is 2. The average Bonchev–Trinajstić information content (AvgIpc) is 2.51. The fourth-order valence-corrected chi connectivity index (χ4v) is 3.67. The molecule has 1 heterocycles. The molecule has 0 bridgehead atoms. The number of alkyl halides is 3. The first-order valence-electron chi connectivity index (χ1n) is 6.92. The molecule has 1 fully saturated rings. The van der Waals surface area contributed by atoms with Gasteiger partial charge in [0.1, 0.15) is 0 Å². The predicted octanol–water partition coefficient (Wildman–Crippen LogP) is 2.78. The molecular formula is C15H13F3N2O3S. The molecule has 1 aromatic rings. The van der Waals surface area contributed by atoms with E-state index < -0.39 is 41.7 Å². The average molecular weight is 358 g/mol. The van der Waals surface area contributed by atoms with Gasteiger partial charge in [-0.1, -0.05) is 12.1 Å². The van der Waals surface area contributed by atoms with Crippen molar-refractivity contribution >= 4 is 23.6 Å². The summed E-state index contributed by atoms with van der Waals surface area (Å²) in [7, 11) is 0. The number of piperidine rings is 1. The fraction of sp³-hybridized carbons (Fsp3) is 0.400. The normalized spacial score (nSPS) is 24.1. The number of carboxylic acid groups (broad SMARTS) is 1. The minimum atomic E-state index is -4.62. The van der Waals surface area contributed by atoms with E-state index >= 15 is 0 Å². The van der Waals surface area contributed by atoms with Crippen LogP contribution in [0.25, 0.3) is 0 Å². The second-order valence-corrected chi connectivity index (χ2v) is 6.44. The van der Waals surface area contributed by atoms with E-state index in [4.69, 9.17) is 10.4 Å². The van der Waals surface area contributed by atoms with Crippen LogP contribution in [0.5, 0.6) is 0 Å². The first-order chi connectivity index (χ1) is 11.2. The Bertz CT molecular complexity index is 687. The van der Waals surface area contributed by atoms with Crippen molar-refractivity contribution in [3.8, 4) is 6.07 Å². The highest BCUT2D eigenvalue weighted by Crippen LogP contribution is 2.41. The maximum Gasteiger partial charge on any atom is 0.393 e. The second-order valence-electron chi connectivity index (χ2n) is 5.31. The lowest BCUT2D eigenvalue weighted by Crippen LogP contribution is -2.51. The Morgan fingerprint density at radius 1 is 1.46 bits per heavy atom. The summed E-state index contributed by atoms with van der Waals surface area (Å²) in [5.74, 6) is -5.08. The minimum absolute atomic E-state index is 0.0609. The molecule has 24 heavy (non-hydrogen) atoms. The van der Waals surface area contributed by atoms with E-state index in [9.17, 15) is 22.8 Å². The van der Waals surface area contributed by atoms with Crippen molar-refractivity contribution < 1.29 is 27.9 Å². The molecule has 3 unspecified atom stereocenters. The van der Waals surface area contributed by atoms with Gasteiger partial charge in [-0.15, -0.1) is 11.8 Å². The van der Waals surface area contributed by atoms with E-state index in [-0.39, 0.29) is 11.3 Å². The number of amides is 1. The highest BCUT2D eigenvalue weighted by atomic mass is 32.2. The number of halogens is 3. The van der Waals surface area contributed by atoms with Crippen molar-refractivity contribution in [1.82, 2.24) is 5.32 Å². The Morgan fingerprint density at radius 3 is 2.75 bits per heavy atom. The van der Waals surface area contributed by atoms with Crippen molar-refractivity contribution in [3.63, 3.8) is 0 Å². The third kappa shape index (κ3) is 4.20. The van der Waals surface area contributed by atoms with Crippen LogP contribution in [0.3, 0.4) is 0 Å². The van der Waals surface area contributed by atoms with Crippen LogP contribution in [-0.4, -0.2) is 28.5 Å². The Labute approximate surface area is 139 Å². The van der Waals surface area contributed by atoms with Crippen molar-refractivity contribution in [2.24, 2.45) is 11.8 Å². The van der Waals surface area contributed by atoms with E-state index in [0.29, 0.717) is 5.56 Å². The van der Waals surface area contributed by atoms with Gasteiger partial charge in [0.15, 0.2) is 0 Å². The smallest absolute Gasteiger partial charge is 0.393 e. The van der Waals surface area contributed by atoms with Crippen LogP contribution in [-0.2, 0) is 10.5 Å². The van der Waals surface area contributed by atoms with Crippen molar-refractivity contribution in [3.05, 3.63) is 35.4 Å². The number of nitrogens with one attached hydrogen (secondary N) is 1. The Balaban J connectivity index is 2.13. The van der Waals surface area contributed by atoms with Crippen molar-refractivity contribution in [2.45, 2.75) is 23.7 Å². The van der Waals surface area contributed by atoms with Gasteiger partial charge >= 0.3 is 12.1 Å². The van der Waals surface area contributed by atoms with Crippen LogP contribution in [0.15, 0.2) is 24.3 Å². The van der Waals surface area contributed by atoms with Gasteiger partial charge in [-0.2, -0.15) is 18.4 Å². The van der Waals surface area contributed by atoms with Crippen LogP contribution in [0.1, 0.15) is 22.3 Å². The number of nitriles is 1. The predicted molar refractivity (Wildman–Crippen MR) is 79.9 cm³/mol. The molecule has 0 saturated carbocycles. The third-order valence-electron chi connectivity index (χ3n) is 3.64. The van der Waals surface area contributed by atoms with Crippen LogP contribution in [0.4, 0.5) is 13.2 Å². The van der Waals surface area contributed by atoms with Gasteiger partial charge in [-0.05, 0) is 17.7 Å². The largest absolute Gasteiger partial charge is 0.478 e. The van der Waals surface area contributed by atoms with Gasteiger partial charge < -0.3 is 10.4 Å². The highest BCUT2D eigenvalue weighted by Gasteiger charge is 2.51. The van der Waals surface area contributed by atoms with Gasteiger partial charge in [0.2, 0.25) is 5.91 Å². The number of hydrogen-bond acceptors (Lipinski definition) is 4. The molecule has 0 aromatic heterocycles. The Kier molecular flexibility index (Phi) is 5.39. The molecule has 128 valence electrons. The van der Waals surface area contributed by atoms with Crippen LogP contribution in [0, 0.1) is 23.2 Å². The molecule has 2 N–H and O–H groups in total. The summed E-state index contributed by atoms with van der Waals surface area (Å²) in [4.78, 5) is 22.5. The van der Waals surface area contributed by atoms with E-state index in [2.05, 4.69) is 5.32 Å². The maximum atomic E-state index is 13.0. The van der Waals surface area contributed by atoms with Gasteiger partial charge in [0.25, 0.3) is 0 Å². The summed E-state index contributed by atoms with van der Waals surface area (Å²) in [6, 6.07) is 7.61. The molecule has 1 aliphatic rings. The molecule has 0 aliphatic carbocycles. The number of benzene rings is 1. The lowest BCUT2D eigenvalue weighted by atomic mass is 9.86. The van der Waals surface area contributed by atoms with Crippen molar-refractivity contribution in [1.29, 1.82) is 5.26 Å². The fourth-order valence-electron chi connectivity index (χ4n) is 2.45. The number of nitrogens with zero attached hydrogens (tertiary/aromatic N) is 1. The Hall–Kier alpha value is -2.21. The van der Waals surface area contributed by atoms with E-state index in [1.165, 1.54) is 18.2 Å². The van der Waals surface area contributed by atoms with Crippen LogP contribution in [0.2, 0.25) is 0 Å². The standard InChI is InChI=1S/C15H13F3N2O3S/c16-15(17,18)11-5-12(21)20-13(10(11)6-19)24-7-8-2-1-3-9(4-8)14(22)23/h1-4,10-11,13H,5,7H2,(H,20,21)(H,22,23). The zero-order chi connectivity index (χ0) is 17.9. The third-order valence-corrected chi connectivity index (χ3v) is 4.91. The van der Waals surface area contributed by atoms with Crippen molar-refractivity contribution in [2.75, 3.05) is 0 Å². The number of carbonyl (C=O) groups is 2. The lowest BCUT2D eigenvalue weighted by Gasteiger charge is -2.35. The molecule has 1 aliphatic heterocycles. The monoisotopic (exact) mass is 358 g/mol. The van der Waals surface area contributed by atoms with E-state index in [1.54, 1.807) is 12.1 Å². The number of carbonyl (C=O) groups excluding carboxylic acids is 1. The number of rotatable bonds is 4. The molecule has 0 spiro atoms. The topological polar surface area (TPSA) is 90.2 Å². The number of carboxylic acids is 1. The molecule has 3 atom stereocenters. The van der Waals surface area contributed by atoms with Gasteiger partial charge in [-0.25, -0.2) is 4.79 Å². The first-order valence-corrected chi connectivity index (χ1v) is 7.96. The summed E-state index contributed by atoms with van der Waals surface area (Å²) < 4.78 is 39.1. The molecular weight excluding hydrogens is 345 g/mol. The first kappa shape index (κ1) is 18.1. The summed E-state index contributed by atoms with van der Waals surface area (Å²) >= 11 is 0.980. The molecule has 5 nitrogen and oxygen atoms in total. The maximum absolute atomic E-state index is 13.0. The second kappa shape index (κ2) is 7.13. The van der Waals surface area contributed by atoms with E-state index in [0.717, 1.165) is 11.8 Å². The summed E-state index contributed by atoms with van der Waals surface area (Å²) in [6.45, 7) is 0. The molecule has 1 amide bonds.